The first kappa shape index (κ1) is 15.6. The number of hydrogen-bond donors (Lipinski definition) is 1. The fraction of sp³-hybridized carbons (Fsp3) is 0.786. The number of aromatic nitrogens is 1. The van der Waals surface area contributed by atoms with Crippen LogP contribution in [0.15, 0.2) is 5.38 Å². The van der Waals surface area contributed by atoms with Gasteiger partial charge in [-0.2, -0.15) is 0 Å². The Morgan fingerprint density at radius 3 is 2.44 bits per heavy atom. The van der Waals surface area contributed by atoms with Crippen molar-refractivity contribution in [2.75, 3.05) is 7.11 Å². The van der Waals surface area contributed by atoms with E-state index in [1.165, 1.54) is 0 Å². The Morgan fingerprint density at radius 2 is 2.00 bits per heavy atom. The Morgan fingerprint density at radius 1 is 1.39 bits per heavy atom. The lowest BCUT2D eigenvalue weighted by Gasteiger charge is -2.27. The zero-order chi connectivity index (χ0) is 13.8. The van der Waals surface area contributed by atoms with Gasteiger partial charge in [0, 0.05) is 12.5 Å². The second kappa shape index (κ2) is 6.64. The van der Waals surface area contributed by atoms with Crippen LogP contribution >= 0.6 is 11.3 Å². The summed E-state index contributed by atoms with van der Waals surface area (Å²) < 4.78 is 5.71. The van der Waals surface area contributed by atoms with E-state index in [1.54, 1.807) is 18.4 Å². The number of hydrogen-bond acceptors (Lipinski definition) is 4. The molecule has 0 bridgehead atoms. The summed E-state index contributed by atoms with van der Waals surface area (Å²) in [6, 6.07) is 0.0308. The van der Waals surface area contributed by atoms with Crippen molar-refractivity contribution in [3.8, 4) is 0 Å². The van der Waals surface area contributed by atoms with Gasteiger partial charge in [0.2, 0.25) is 0 Å². The van der Waals surface area contributed by atoms with Crippen LogP contribution in [0.1, 0.15) is 63.7 Å². The van der Waals surface area contributed by atoms with E-state index in [-0.39, 0.29) is 11.6 Å². The highest BCUT2D eigenvalue weighted by molar-refractivity contribution is 7.09. The van der Waals surface area contributed by atoms with Gasteiger partial charge >= 0.3 is 0 Å². The van der Waals surface area contributed by atoms with Crippen LogP contribution in [-0.2, 0) is 10.3 Å². The van der Waals surface area contributed by atoms with E-state index in [9.17, 15) is 0 Å². The standard InChI is InChI=1S/C14H26N2OS/c1-6-10(4)12(15)11-9-18-13(16-11)14(7-2,8-3)17-5/h9-10,12H,6-8,15H2,1-5H3. The molecule has 4 heteroatoms. The van der Waals surface area contributed by atoms with Gasteiger partial charge in [-0.05, 0) is 18.8 Å². The maximum absolute atomic E-state index is 6.23. The first-order valence-corrected chi connectivity index (χ1v) is 7.69. The number of nitrogens with zero attached hydrogens (tertiary/aromatic N) is 1. The summed E-state index contributed by atoms with van der Waals surface area (Å²) in [6.07, 6.45) is 2.95. The van der Waals surface area contributed by atoms with Crippen LogP contribution in [0.5, 0.6) is 0 Å². The maximum Gasteiger partial charge on any atom is 0.125 e. The minimum absolute atomic E-state index is 0.0308. The van der Waals surface area contributed by atoms with Gasteiger partial charge < -0.3 is 10.5 Å². The second-order valence-electron chi connectivity index (χ2n) is 4.89. The molecule has 0 aromatic carbocycles. The molecule has 0 amide bonds. The fourth-order valence-electron chi connectivity index (χ4n) is 2.12. The van der Waals surface area contributed by atoms with E-state index in [0.717, 1.165) is 30.0 Å². The van der Waals surface area contributed by atoms with Crippen molar-refractivity contribution in [1.29, 1.82) is 0 Å². The fourth-order valence-corrected chi connectivity index (χ4v) is 3.31. The van der Waals surface area contributed by atoms with E-state index in [1.807, 2.05) is 0 Å². The quantitative estimate of drug-likeness (QED) is 0.818. The van der Waals surface area contributed by atoms with Crippen LogP contribution in [0.2, 0.25) is 0 Å². The summed E-state index contributed by atoms with van der Waals surface area (Å²) in [6.45, 7) is 8.62. The molecule has 3 nitrogen and oxygen atoms in total. The predicted octanol–water partition coefficient (Wildman–Crippen LogP) is 3.85. The number of rotatable bonds is 7. The Labute approximate surface area is 115 Å². The summed E-state index contributed by atoms with van der Waals surface area (Å²) in [5.41, 5.74) is 7.00. The maximum atomic E-state index is 6.23. The molecule has 1 aromatic rings. The molecule has 0 aliphatic carbocycles. The molecule has 0 spiro atoms. The normalized spacial score (nSPS) is 15.7. The van der Waals surface area contributed by atoms with Crippen molar-refractivity contribution in [2.24, 2.45) is 11.7 Å². The van der Waals surface area contributed by atoms with Crippen LogP contribution < -0.4 is 5.73 Å². The van der Waals surface area contributed by atoms with E-state index >= 15 is 0 Å². The number of nitrogens with two attached hydrogens (primary N) is 1. The lowest BCUT2D eigenvalue weighted by Crippen LogP contribution is -2.27. The number of thiazole rings is 1. The van der Waals surface area contributed by atoms with Crippen LogP contribution in [0.3, 0.4) is 0 Å². The van der Waals surface area contributed by atoms with E-state index in [2.05, 4.69) is 33.1 Å². The molecular weight excluding hydrogens is 244 g/mol. The van der Waals surface area contributed by atoms with E-state index < -0.39 is 0 Å². The minimum Gasteiger partial charge on any atom is -0.371 e. The van der Waals surface area contributed by atoms with Gasteiger partial charge in [-0.1, -0.05) is 34.1 Å². The predicted molar refractivity (Wildman–Crippen MR) is 77.8 cm³/mol. The smallest absolute Gasteiger partial charge is 0.125 e. The van der Waals surface area contributed by atoms with Crippen molar-refractivity contribution in [3.63, 3.8) is 0 Å². The van der Waals surface area contributed by atoms with Gasteiger partial charge in [0.15, 0.2) is 0 Å². The lowest BCUT2D eigenvalue weighted by atomic mass is 9.96. The van der Waals surface area contributed by atoms with E-state index in [0.29, 0.717) is 5.92 Å². The summed E-state index contributed by atoms with van der Waals surface area (Å²) in [7, 11) is 1.77. The molecule has 0 saturated heterocycles. The first-order chi connectivity index (χ1) is 8.54. The highest BCUT2D eigenvalue weighted by Crippen LogP contribution is 2.36. The molecule has 0 aliphatic rings. The third-order valence-electron chi connectivity index (χ3n) is 4.04. The Balaban J connectivity index is 2.98. The molecule has 104 valence electrons. The zero-order valence-corrected chi connectivity index (χ0v) is 13.0. The van der Waals surface area contributed by atoms with Crippen LogP contribution in [0.4, 0.5) is 0 Å². The number of methoxy groups -OCH3 is 1. The SMILES string of the molecule is CCC(C)C(N)c1csc(C(CC)(CC)OC)n1. The molecule has 1 aromatic heterocycles. The largest absolute Gasteiger partial charge is 0.371 e. The lowest BCUT2D eigenvalue weighted by molar-refractivity contribution is -0.0220. The third kappa shape index (κ3) is 2.92. The number of ether oxygens (including phenoxy) is 1. The highest BCUT2D eigenvalue weighted by atomic mass is 32.1. The monoisotopic (exact) mass is 270 g/mol. The Kier molecular flexibility index (Phi) is 5.76. The zero-order valence-electron chi connectivity index (χ0n) is 12.2. The summed E-state index contributed by atoms with van der Waals surface area (Å²) >= 11 is 1.67. The molecule has 0 saturated carbocycles. The Hall–Kier alpha value is -0.450. The molecule has 0 radical (unpaired) electrons. The molecule has 18 heavy (non-hydrogen) atoms. The van der Waals surface area contributed by atoms with Crippen LogP contribution in [0, 0.1) is 5.92 Å². The molecule has 0 fully saturated rings. The molecule has 1 rings (SSSR count). The summed E-state index contributed by atoms with van der Waals surface area (Å²) in [5, 5.41) is 3.15. The first-order valence-electron chi connectivity index (χ1n) is 6.81. The Bertz CT molecular complexity index is 352. The van der Waals surface area contributed by atoms with E-state index in [4.69, 9.17) is 15.5 Å². The molecule has 1 heterocycles. The van der Waals surface area contributed by atoms with Gasteiger partial charge in [0.25, 0.3) is 0 Å². The average molecular weight is 270 g/mol. The third-order valence-corrected chi connectivity index (χ3v) is 5.09. The van der Waals surface area contributed by atoms with Gasteiger partial charge in [0.1, 0.15) is 10.6 Å². The molecule has 0 aliphatic heterocycles. The van der Waals surface area contributed by atoms with Crippen LogP contribution in [-0.4, -0.2) is 12.1 Å². The van der Waals surface area contributed by atoms with Gasteiger partial charge in [-0.3, -0.25) is 0 Å². The van der Waals surface area contributed by atoms with Crippen molar-refractivity contribution < 1.29 is 4.74 Å². The van der Waals surface area contributed by atoms with Gasteiger partial charge in [0.05, 0.1) is 11.7 Å². The summed E-state index contributed by atoms with van der Waals surface area (Å²) in [5.74, 6) is 0.458. The van der Waals surface area contributed by atoms with Crippen molar-refractivity contribution >= 4 is 11.3 Å². The molecule has 2 N–H and O–H groups in total. The minimum atomic E-state index is -0.238. The molecule has 2 atom stereocenters. The topological polar surface area (TPSA) is 48.1 Å². The molecular formula is C14H26N2OS. The van der Waals surface area contributed by atoms with Gasteiger partial charge in [-0.15, -0.1) is 11.3 Å². The van der Waals surface area contributed by atoms with Gasteiger partial charge in [-0.25, -0.2) is 4.98 Å². The summed E-state index contributed by atoms with van der Waals surface area (Å²) in [4.78, 5) is 4.73. The average Bonchev–Trinajstić information content (AvgIpc) is 2.90. The van der Waals surface area contributed by atoms with Crippen molar-refractivity contribution in [3.05, 3.63) is 16.1 Å². The van der Waals surface area contributed by atoms with Crippen molar-refractivity contribution in [2.45, 2.75) is 58.6 Å². The second-order valence-corrected chi connectivity index (χ2v) is 5.75. The van der Waals surface area contributed by atoms with Crippen LogP contribution in [0.25, 0.3) is 0 Å². The highest BCUT2D eigenvalue weighted by Gasteiger charge is 2.32. The molecule has 2 unspecified atom stereocenters. The van der Waals surface area contributed by atoms with Crippen molar-refractivity contribution in [1.82, 2.24) is 4.98 Å².